The van der Waals surface area contributed by atoms with Gasteiger partial charge in [-0.2, -0.15) is 0 Å². The summed E-state index contributed by atoms with van der Waals surface area (Å²) in [4.78, 5) is 6.36. The Morgan fingerprint density at radius 1 is 1.25 bits per heavy atom. The second-order valence-electron chi connectivity index (χ2n) is 4.62. The van der Waals surface area contributed by atoms with Crippen LogP contribution in [0.3, 0.4) is 0 Å². The molecule has 0 aliphatic carbocycles. The first-order chi connectivity index (χ1) is 9.69. The van der Waals surface area contributed by atoms with Crippen LogP contribution < -0.4 is 10.2 Å². The molecule has 3 nitrogen and oxygen atoms in total. The number of hydrogen-bond donors (Lipinski definition) is 1. The molecule has 4 heteroatoms. The van der Waals surface area contributed by atoms with E-state index in [4.69, 9.17) is 0 Å². The Bertz CT molecular complexity index is 571. The molecule has 1 heterocycles. The van der Waals surface area contributed by atoms with Crippen LogP contribution in [0.5, 0.6) is 0 Å². The smallest absolute Gasteiger partial charge is 0.146 e. The zero-order valence-corrected chi connectivity index (χ0v) is 12.1. The molecule has 0 saturated heterocycles. The molecule has 0 fully saturated rings. The van der Waals surface area contributed by atoms with E-state index in [1.54, 1.807) is 18.3 Å². The summed E-state index contributed by atoms with van der Waals surface area (Å²) >= 11 is 0. The number of nitrogens with one attached hydrogen (secondary N) is 1. The third-order valence-electron chi connectivity index (χ3n) is 3.43. The van der Waals surface area contributed by atoms with Gasteiger partial charge in [-0.15, -0.1) is 0 Å². The van der Waals surface area contributed by atoms with Crippen molar-refractivity contribution in [2.75, 3.05) is 18.5 Å². The largest absolute Gasteiger partial charge is 0.324 e. The molecule has 1 aromatic heterocycles. The SMILES string of the molecule is CCN(c1ccccc1F)c1ncccc1C(C)NC. The zero-order valence-electron chi connectivity index (χ0n) is 12.1. The lowest BCUT2D eigenvalue weighted by Gasteiger charge is -2.26. The van der Waals surface area contributed by atoms with Crippen molar-refractivity contribution in [1.82, 2.24) is 10.3 Å². The van der Waals surface area contributed by atoms with Gasteiger partial charge in [-0.25, -0.2) is 9.37 Å². The summed E-state index contributed by atoms with van der Waals surface area (Å²) in [6.07, 6.45) is 1.74. The van der Waals surface area contributed by atoms with Crippen LogP contribution in [0.1, 0.15) is 25.5 Å². The van der Waals surface area contributed by atoms with Gasteiger partial charge in [0.2, 0.25) is 0 Å². The minimum absolute atomic E-state index is 0.152. The second-order valence-corrected chi connectivity index (χ2v) is 4.62. The summed E-state index contributed by atoms with van der Waals surface area (Å²) in [5.74, 6) is 0.560. The minimum atomic E-state index is -0.233. The maximum Gasteiger partial charge on any atom is 0.146 e. The Kier molecular flexibility index (Phi) is 4.69. The van der Waals surface area contributed by atoms with Crippen LogP contribution in [0, 0.1) is 5.82 Å². The van der Waals surface area contributed by atoms with Crippen LogP contribution in [0.15, 0.2) is 42.6 Å². The van der Waals surface area contributed by atoms with Gasteiger partial charge < -0.3 is 10.2 Å². The summed E-state index contributed by atoms with van der Waals surface area (Å²) in [6.45, 7) is 4.71. The lowest BCUT2D eigenvalue weighted by molar-refractivity contribution is 0.622. The van der Waals surface area contributed by atoms with Crippen molar-refractivity contribution in [3.05, 3.63) is 54.0 Å². The van der Waals surface area contributed by atoms with Gasteiger partial charge in [0.15, 0.2) is 0 Å². The fraction of sp³-hybridized carbons (Fsp3) is 0.312. The Morgan fingerprint density at radius 3 is 2.65 bits per heavy atom. The molecular formula is C16H20FN3. The lowest BCUT2D eigenvalue weighted by atomic mass is 10.1. The number of pyridine rings is 1. The highest BCUT2D eigenvalue weighted by Gasteiger charge is 2.18. The normalized spacial score (nSPS) is 12.2. The van der Waals surface area contributed by atoms with E-state index in [-0.39, 0.29) is 11.9 Å². The number of hydrogen-bond acceptors (Lipinski definition) is 3. The second kappa shape index (κ2) is 6.48. The molecule has 1 atom stereocenters. The lowest BCUT2D eigenvalue weighted by Crippen LogP contribution is -2.23. The molecule has 0 spiro atoms. The molecular weight excluding hydrogens is 253 g/mol. The topological polar surface area (TPSA) is 28.2 Å². The van der Waals surface area contributed by atoms with E-state index in [1.807, 2.05) is 37.1 Å². The Morgan fingerprint density at radius 2 is 2.00 bits per heavy atom. The number of nitrogens with zero attached hydrogens (tertiary/aromatic N) is 2. The van der Waals surface area contributed by atoms with Crippen molar-refractivity contribution in [3.63, 3.8) is 0 Å². The van der Waals surface area contributed by atoms with Gasteiger partial charge in [0.1, 0.15) is 11.6 Å². The maximum absolute atomic E-state index is 14.0. The molecule has 2 rings (SSSR count). The highest BCUT2D eigenvalue weighted by Crippen LogP contribution is 2.31. The van der Waals surface area contributed by atoms with Crippen LogP contribution in [0.4, 0.5) is 15.9 Å². The maximum atomic E-state index is 14.0. The average molecular weight is 273 g/mol. The molecule has 1 aromatic carbocycles. The van der Waals surface area contributed by atoms with Crippen molar-refractivity contribution in [3.8, 4) is 0 Å². The number of rotatable bonds is 5. The summed E-state index contributed by atoms with van der Waals surface area (Å²) in [7, 11) is 1.90. The summed E-state index contributed by atoms with van der Waals surface area (Å²) in [6, 6.07) is 10.9. The number of aromatic nitrogens is 1. The van der Waals surface area contributed by atoms with Crippen LogP contribution in [0.2, 0.25) is 0 Å². The number of para-hydroxylation sites is 1. The van der Waals surface area contributed by atoms with E-state index in [0.717, 1.165) is 11.4 Å². The van der Waals surface area contributed by atoms with Gasteiger partial charge in [0, 0.05) is 24.3 Å². The molecule has 0 aliphatic heterocycles. The molecule has 0 radical (unpaired) electrons. The first-order valence-electron chi connectivity index (χ1n) is 6.83. The Hall–Kier alpha value is -1.94. The predicted molar refractivity (Wildman–Crippen MR) is 80.8 cm³/mol. The highest BCUT2D eigenvalue weighted by molar-refractivity contribution is 5.63. The first kappa shape index (κ1) is 14.5. The molecule has 1 unspecified atom stereocenters. The highest BCUT2D eigenvalue weighted by atomic mass is 19.1. The number of benzene rings is 1. The van der Waals surface area contributed by atoms with E-state index < -0.39 is 0 Å². The molecule has 1 N–H and O–H groups in total. The van der Waals surface area contributed by atoms with Crippen LogP contribution in [0.25, 0.3) is 0 Å². The van der Waals surface area contributed by atoms with E-state index in [9.17, 15) is 4.39 Å². The van der Waals surface area contributed by atoms with E-state index >= 15 is 0 Å². The van der Waals surface area contributed by atoms with E-state index in [0.29, 0.717) is 12.2 Å². The van der Waals surface area contributed by atoms with E-state index in [2.05, 4.69) is 17.2 Å². The first-order valence-corrected chi connectivity index (χ1v) is 6.83. The molecule has 2 aromatic rings. The van der Waals surface area contributed by atoms with Gasteiger partial charge in [0.25, 0.3) is 0 Å². The van der Waals surface area contributed by atoms with Crippen molar-refractivity contribution >= 4 is 11.5 Å². The van der Waals surface area contributed by atoms with Crippen molar-refractivity contribution < 1.29 is 4.39 Å². The fourth-order valence-corrected chi connectivity index (χ4v) is 2.23. The minimum Gasteiger partial charge on any atom is -0.324 e. The Balaban J connectivity index is 2.50. The summed E-state index contributed by atoms with van der Waals surface area (Å²) < 4.78 is 14.0. The standard InChI is InChI=1S/C16H20FN3/c1-4-20(15-10-6-5-9-14(15)17)16-13(12(2)18-3)8-7-11-19-16/h5-12,18H,4H2,1-3H3. The number of halogens is 1. The van der Waals surface area contributed by atoms with Gasteiger partial charge >= 0.3 is 0 Å². The quantitative estimate of drug-likeness (QED) is 0.901. The van der Waals surface area contributed by atoms with Crippen LogP contribution in [-0.4, -0.2) is 18.6 Å². The Labute approximate surface area is 119 Å². The fourth-order valence-electron chi connectivity index (χ4n) is 2.23. The van der Waals surface area contributed by atoms with Crippen molar-refractivity contribution in [2.24, 2.45) is 0 Å². The molecule has 0 aliphatic rings. The van der Waals surface area contributed by atoms with Gasteiger partial charge in [0.05, 0.1) is 5.69 Å². The summed E-state index contributed by atoms with van der Waals surface area (Å²) in [5, 5.41) is 3.21. The average Bonchev–Trinajstić information content (AvgIpc) is 2.49. The summed E-state index contributed by atoms with van der Waals surface area (Å²) in [5.41, 5.74) is 1.61. The van der Waals surface area contributed by atoms with E-state index in [1.165, 1.54) is 6.07 Å². The predicted octanol–water partition coefficient (Wildman–Crippen LogP) is 3.66. The van der Waals surface area contributed by atoms with Gasteiger partial charge in [-0.05, 0) is 39.1 Å². The van der Waals surface area contributed by atoms with Gasteiger partial charge in [-0.3, -0.25) is 0 Å². The van der Waals surface area contributed by atoms with Crippen LogP contribution in [-0.2, 0) is 0 Å². The third kappa shape index (κ3) is 2.80. The molecule has 106 valence electrons. The molecule has 20 heavy (non-hydrogen) atoms. The molecule has 0 amide bonds. The zero-order chi connectivity index (χ0) is 14.5. The number of anilines is 2. The molecule has 0 saturated carbocycles. The monoisotopic (exact) mass is 273 g/mol. The van der Waals surface area contributed by atoms with Crippen molar-refractivity contribution in [1.29, 1.82) is 0 Å². The van der Waals surface area contributed by atoms with Gasteiger partial charge in [-0.1, -0.05) is 18.2 Å². The van der Waals surface area contributed by atoms with Crippen LogP contribution >= 0.6 is 0 Å². The third-order valence-corrected chi connectivity index (χ3v) is 3.43. The van der Waals surface area contributed by atoms with Crippen molar-refractivity contribution in [2.45, 2.75) is 19.9 Å². The molecule has 0 bridgehead atoms.